The molecule has 4 nitrogen and oxygen atoms in total. The van der Waals surface area contributed by atoms with Crippen LogP contribution in [0.15, 0.2) is 18.2 Å². The van der Waals surface area contributed by atoms with E-state index in [0.29, 0.717) is 26.2 Å². The number of hydrogen-bond donors (Lipinski definition) is 1. The van der Waals surface area contributed by atoms with Crippen molar-refractivity contribution in [3.8, 4) is 5.75 Å². The molecule has 0 radical (unpaired) electrons. The maximum atomic E-state index is 13.5. The van der Waals surface area contributed by atoms with E-state index in [1.807, 2.05) is 11.0 Å². The summed E-state index contributed by atoms with van der Waals surface area (Å²) in [7, 11) is 3.07. The van der Waals surface area contributed by atoms with Crippen molar-refractivity contribution >= 4 is 0 Å². The Bertz CT molecular complexity index is 360. The number of nitrogens with zero attached hydrogens (tertiary/aromatic N) is 1. The van der Waals surface area contributed by atoms with Gasteiger partial charge in [0.1, 0.15) is 0 Å². The summed E-state index contributed by atoms with van der Waals surface area (Å²) < 4.78 is 23.4. The molecule has 1 rings (SSSR count). The van der Waals surface area contributed by atoms with Crippen LogP contribution in [-0.2, 0) is 11.3 Å². The van der Waals surface area contributed by atoms with Crippen LogP contribution in [0.1, 0.15) is 5.56 Å². The first-order valence-corrected chi connectivity index (χ1v) is 5.85. The van der Waals surface area contributed by atoms with E-state index in [0.717, 1.165) is 5.56 Å². The molecule has 102 valence electrons. The standard InChI is InChI=1S/C13H20FNO3/c1-17-8-6-15(5-7-16)10-11-3-4-13(18-2)12(14)9-11/h3-4,9,16H,5-8,10H2,1-2H3. The van der Waals surface area contributed by atoms with Crippen LogP contribution >= 0.6 is 0 Å². The molecule has 0 atom stereocenters. The van der Waals surface area contributed by atoms with Crippen LogP contribution in [0.25, 0.3) is 0 Å². The zero-order valence-corrected chi connectivity index (χ0v) is 10.9. The Hall–Kier alpha value is -1.17. The maximum Gasteiger partial charge on any atom is 0.165 e. The fourth-order valence-electron chi connectivity index (χ4n) is 1.70. The molecular formula is C13H20FNO3. The second-order valence-corrected chi connectivity index (χ2v) is 3.96. The predicted molar refractivity (Wildman–Crippen MR) is 67.2 cm³/mol. The zero-order valence-electron chi connectivity index (χ0n) is 10.9. The largest absolute Gasteiger partial charge is 0.494 e. The van der Waals surface area contributed by atoms with Crippen molar-refractivity contribution in [1.29, 1.82) is 0 Å². The average Bonchev–Trinajstić information content (AvgIpc) is 2.36. The molecular weight excluding hydrogens is 237 g/mol. The van der Waals surface area contributed by atoms with Gasteiger partial charge in [0.05, 0.1) is 20.3 Å². The Labute approximate surface area is 107 Å². The van der Waals surface area contributed by atoms with Crippen LogP contribution in [-0.4, -0.2) is 50.5 Å². The summed E-state index contributed by atoms with van der Waals surface area (Å²) in [6.07, 6.45) is 0. The van der Waals surface area contributed by atoms with Crippen molar-refractivity contribution in [3.05, 3.63) is 29.6 Å². The molecule has 0 aromatic heterocycles. The first-order chi connectivity index (χ1) is 8.71. The second kappa shape index (κ2) is 8.02. The van der Waals surface area contributed by atoms with Crippen LogP contribution in [0.3, 0.4) is 0 Å². The van der Waals surface area contributed by atoms with Gasteiger partial charge in [-0.2, -0.15) is 0 Å². The highest BCUT2D eigenvalue weighted by Crippen LogP contribution is 2.18. The Balaban J connectivity index is 2.64. The van der Waals surface area contributed by atoms with E-state index in [1.165, 1.54) is 13.2 Å². The minimum Gasteiger partial charge on any atom is -0.494 e. The van der Waals surface area contributed by atoms with Gasteiger partial charge in [-0.05, 0) is 17.7 Å². The molecule has 18 heavy (non-hydrogen) atoms. The summed E-state index contributed by atoms with van der Waals surface area (Å²) >= 11 is 0. The minimum atomic E-state index is -0.370. The first kappa shape index (κ1) is 14.9. The minimum absolute atomic E-state index is 0.0718. The second-order valence-electron chi connectivity index (χ2n) is 3.96. The van der Waals surface area contributed by atoms with Crippen molar-refractivity contribution < 1.29 is 19.0 Å². The smallest absolute Gasteiger partial charge is 0.165 e. The van der Waals surface area contributed by atoms with E-state index < -0.39 is 0 Å². The summed E-state index contributed by atoms with van der Waals surface area (Å²) in [6, 6.07) is 4.88. The number of hydrogen-bond acceptors (Lipinski definition) is 4. The van der Waals surface area contributed by atoms with Gasteiger partial charge < -0.3 is 14.6 Å². The SMILES string of the molecule is COCCN(CCO)Cc1ccc(OC)c(F)c1. The van der Waals surface area contributed by atoms with Crippen LogP contribution in [0, 0.1) is 5.82 Å². The number of benzene rings is 1. The van der Waals surface area contributed by atoms with E-state index in [9.17, 15) is 4.39 Å². The quantitative estimate of drug-likeness (QED) is 0.761. The lowest BCUT2D eigenvalue weighted by molar-refractivity contribution is 0.127. The number of ether oxygens (including phenoxy) is 2. The Kier molecular flexibility index (Phi) is 6.64. The monoisotopic (exact) mass is 257 g/mol. The molecule has 0 saturated carbocycles. The van der Waals surface area contributed by atoms with Crippen LogP contribution in [0.4, 0.5) is 4.39 Å². The summed E-state index contributed by atoms with van der Waals surface area (Å²) in [6.45, 7) is 2.47. The summed E-state index contributed by atoms with van der Waals surface area (Å²) in [5.74, 6) is -0.130. The molecule has 1 aromatic carbocycles. The summed E-state index contributed by atoms with van der Waals surface area (Å²) in [5, 5.41) is 8.97. The lowest BCUT2D eigenvalue weighted by Crippen LogP contribution is -2.29. The van der Waals surface area contributed by atoms with Gasteiger partial charge in [-0.3, -0.25) is 4.90 Å². The third-order valence-corrected chi connectivity index (χ3v) is 2.65. The molecule has 0 heterocycles. The molecule has 0 fully saturated rings. The van der Waals surface area contributed by atoms with E-state index in [-0.39, 0.29) is 18.2 Å². The van der Waals surface area contributed by atoms with Gasteiger partial charge in [-0.25, -0.2) is 4.39 Å². The van der Waals surface area contributed by atoms with Gasteiger partial charge in [0.15, 0.2) is 11.6 Å². The fourth-order valence-corrected chi connectivity index (χ4v) is 1.70. The predicted octanol–water partition coefficient (Wildman–Crippen LogP) is 1.28. The zero-order chi connectivity index (χ0) is 13.4. The van der Waals surface area contributed by atoms with Crippen molar-refractivity contribution in [2.24, 2.45) is 0 Å². The number of aliphatic hydroxyl groups excluding tert-OH is 1. The van der Waals surface area contributed by atoms with E-state index in [2.05, 4.69) is 0 Å². The van der Waals surface area contributed by atoms with Gasteiger partial charge in [-0.1, -0.05) is 6.07 Å². The van der Waals surface area contributed by atoms with Crippen molar-refractivity contribution in [3.63, 3.8) is 0 Å². The highest BCUT2D eigenvalue weighted by atomic mass is 19.1. The van der Waals surface area contributed by atoms with Crippen LogP contribution in [0.5, 0.6) is 5.75 Å². The molecule has 1 aromatic rings. The lowest BCUT2D eigenvalue weighted by Gasteiger charge is -2.21. The highest BCUT2D eigenvalue weighted by Gasteiger charge is 2.08. The van der Waals surface area contributed by atoms with Gasteiger partial charge in [-0.15, -0.1) is 0 Å². The van der Waals surface area contributed by atoms with Gasteiger partial charge >= 0.3 is 0 Å². The molecule has 0 aliphatic carbocycles. The van der Waals surface area contributed by atoms with Gasteiger partial charge in [0.25, 0.3) is 0 Å². The molecule has 0 aliphatic rings. The van der Waals surface area contributed by atoms with E-state index in [1.54, 1.807) is 13.2 Å². The van der Waals surface area contributed by atoms with Gasteiger partial charge in [0.2, 0.25) is 0 Å². The van der Waals surface area contributed by atoms with Gasteiger partial charge in [0, 0.05) is 26.7 Å². The molecule has 0 amide bonds. The Morgan fingerprint density at radius 2 is 2.06 bits per heavy atom. The van der Waals surface area contributed by atoms with Crippen LogP contribution < -0.4 is 4.74 Å². The fraction of sp³-hybridized carbons (Fsp3) is 0.538. The third-order valence-electron chi connectivity index (χ3n) is 2.65. The topological polar surface area (TPSA) is 41.9 Å². The van der Waals surface area contributed by atoms with Crippen molar-refractivity contribution in [2.75, 3.05) is 40.5 Å². The lowest BCUT2D eigenvalue weighted by atomic mass is 10.2. The number of aliphatic hydroxyl groups is 1. The molecule has 5 heteroatoms. The van der Waals surface area contributed by atoms with E-state index >= 15 is 0 Å². The molecule has 0 unspecified atom stereocenters. The van der Waals surface area contributed by atoms with E-state index in [4.69, 9.17) is 14.6 Å². The normalized spacial score (nSPS) is 10.9. The maximum absolute atomic E-state index is 13.5. The highest BCUT2D eigenvalue weighted by molar-refractivity contribution is 5.29. The summed E-state index contributed by atoms with van der Waals surface area (Å²) in [5.41, 5.74) is 0.845. The number of methoxy groups -OCH3 is 2. The van der Waals surface area contributed by atoms with Crippen molar-refractivity contribution in [2.45, 2.75) is 6.54 Å². The molecule has 0 bridgehead atoms. The molecule has 0 spiro atoms. The molecule has 1 N–H and O–H groups in total. The molecule has 0 saturated heterocycles. The van der Waals surface area contributed by atoms with Crippen LogP contribution in [0.2, 0.25) is 0 Å². The first-order valence-electron chi connectivity index (χ1n) is 5.85. The number of rotatable bonds is 8. The number of halogens is 1. The Morgan fingerprint density at radius 3 is 2.61 bits per heavy atom. The third kappa shape index (κ3) is 4.60. The Morgan fingerprint density at radius 1 is 1.28 bits per heavy atom. The summed E-state index contributed by atoms with van der Waals surface area (Å²) in [4.78, 5) is 2.00. The van der Waals surface area contributed by atoms with Crippen molar-refractivity contribution in [1.82, 2.24) is 4.90 Å². The average molecular weight is 257 g/mol. The molecule has 0 aliphatic heterocycles.